The summed E-state index contributed by atoms with van der Waals surface area (Å²) in [7, 11) is 0. The van der Waals surface area contributed by atoms with E-state index in [2.05, 4.69) is 39.6 Å². The van der Waals surface area contributed by atoms with Gasteiger partial charge in [-0.3, -0.25) is 4.99 Å². The number of aryl methyl sites for hydroxylation is 1. The van der Waals surface area contributed by atoms with Crippen LogP contribution >= 0.6 is 11.6 Å². The number of aliphatic imine (C=N–C) groups is 1. The van der Waals surface area contributed by atoms with Gasteiger partial charge in [0.1, 0.15) is 0 Å². The number of anilines is 1. The highest BCUT2D eigenvalue weighted by Crippen LogP contribution is 2.29. The lowest BCUT2D eigenvalue weighted by Gasteiger charge is -2.22. The smallest absolute Gasteiger partial charge is 0.191 e. The molecule has 5 heteroatoms. The maximum Gasteiger partial charge on any atom is 0.191 e. The quantitative estimate of drug-likeness (QED) is 0.901. The number of benzene rings is 1. The fourth-order valence-corrected chi connectivity index (χ4v) is 3.20. The van der Waals surface area contributed by atoms with Crippen molar-refractivity contribution in [3.63, 3.8) is 0 Å². The zero-order valence-electron chi connectivity index (χ0n) is 12.5. The van der Waals surface area contributed by atoms with Gasteiger partial charge in [0.2, 0.25) is 0 Å². The molecule has 0 radical (unpaired) electrons. The standard InChI is InChI=1S/C16H23ClN4/c1-12-3-4-14(17)9-15(12)21-8-5-13(11-21)10-20-16-18-6-2-7-19-16/h3-4,9,13H,2,5-8,10-11H2,1H3,(H2,18,19,20). The van der Waals surface area contributed by atoms with Crippen molar-refractivity contribution in [3.8, 4) is 0 Å². The fourth-order valence-electron chi connectivity index (χ4n) is 3.03. The Bertz CT molecular complexity index is 529. The first-order valence-electron chi connectivity index (χ1n) is 7.75. The number of nitrogens with zero attached hydrogens (tertiary/aromatic N) is 2. The predicted octanol–water partition coefficient (Wildman–Crippen LogP) is 2.41. The second-order valence-corrected chi connectivity index (χ2v) is 6.36. The highest BCUT2D eigenvalue weighted by atomic mass is 35.5. The van der Waals surface area contributed by atoms with Crippen molar-refractivity contribution in [2.24, 2.45) is 10.9 Å². The molecule has 0 saturated carbocycles. The molecule has 21 heavy (non-hydrogen) atoms. The molecule has 1 atom stereocenters. The maximum atomic E-state index is 6.13. The van der Waals surface area contributed by atoms with Crippen molar-refractivity contribution in [3.05, 3.63) is 28.8 Å². The lowest BCUT2D eigenvalue weighted by atomic mass is 10.1. The van der Waals surface area contributed by atoms with Crippen molar-refractivity contribution in [1.29, 1.82) is 0 Å². The van der Waals surface area contributed by atoms with Crippen LogP contribution in [0.2, 0.25) is 5.02 Å². The molecule has 0 aliphatic carbocycles. The zero-order chi connectivity index (χ0) is 14.7. The molecule has 2 N–H and O–H groups in total. The van der Waals surface area contributed by atoms with Gasteiger partial charge in [0.15, 0.2) is 5.96 Å². The van der Waals surface area contributed by atoms with Gasteiger partial charge in [0, 0.05) is 43.4 Å². The Morgan fingerprint density at radius 3 is 3.19 bits per heavy atom. The summed E-state index contributed by atoms with van der Waals surface area (Å²) in [6, 6.07) is 6.14. The average molecular weight is 307 g/mol. The number of guanidine groups is 1. The van der Waals surface area contributed by atoms with Crippen LogP contribution < -0.4 is 15.5 Å². The first kappa shape index (κ1) is 14.5. The molecule has 2 aliphatic rings. The third kappa shape index (κ3) is 3.62. The van der Waals surface area contributed by atoms with Gasteiger partial charge in [-0.15, -0.1) is 0 Å². The number of nitrogens with one attached hydrogen (secondary N) is 2. The third-order valence-corrected chi connectivity index (χ3v) is 4.49. The molecule has 1 aromatic rings. The van der Waals surface area contributed by atoms with E-state index in [1.165, 1.54) is 17.7 Å². The SMILES string of the molecule is Cc1ccc(Cl)cc1N1CCC(CNC2=NCCCN2)C1. The number of rotatable bonds is 3. The van der Waals surface area contributed by atoms with Gasteiger partial charge in [-0.2, -0.15) is 0 Å². The van der Waals surface area contributed by atoms with Crippen molar-refractivity contribution in [1.82, 2.24) is 10.6 Å². The van der Waals surface area contributed by atoms with Crippen LogP contribution in [-0.4, -0.2) is 38.7 Å². The van der Waals surface area contributed by atoms with Gasteiger partial charge >= 0.3 is 0 Å². The molecule has 1 saturated heterocycles. The molecule has 0 aromatic heterocycles. The minimum atomic E-state index is 0.662. The van der Waals surface area contributed by atoms with E-state index in [-0.39, 0.29) is 0 Å². The van der Waals surface area contributed by atoms with Crippen LogP contribution in [0.5, 0.6) is 0 Å². The van der Waals surface area contributed by atoms with Gasteiger partial charge in [-0.05, 0) is 43.4 Å². The molecule has 1 fully saturated rings. The molecule has 3 rings (SSSR count). The highest BCUT2D eigenvalue weighted by Gasteiger charge is 2.24. The van der Waals surface area contributed by atoms with E-state index in [0.29, 0.717) is 5.92 Å². The number of halogens is 1. The molecule has 1 unspecified atom stereocenters. The van der Waals surface area contributed by atoms with Crippen LogP contribution in [0.25, 0.3) is 0 Å². The Morgan fingerprint density at radius 1 is 1.48 bits per heavy atom. The Hall–Kier alpha value is -1.42. The first-order chi connectivity index (χ1) is 10.2. The molecule has 4 nitrogen and oxygen atoms in total. The van der Waals surface area contributed by atoms with Crippen LogP contribution in [0.1, 0.15) is 18.4 Å². The first-order valence-corrected chi connectivity index (χ1v) is 8.13. The zero-order valence-corrected chi connectivity index (χ0v) is 13.3. The van der Waals surface area contributed by atoms with Gasteiger partial charge in [0.25, 0.3) is 0 Å². The van der Waals surface area contributed by atoms with Crippen LogP contribution in [0.3, 0.4) is 0 Å². The molecule has 0 spiro atoms. The molecule has 2 aliphatic heterocycles. The maximum absolute atomic E-state index is 6.13. The molecular weight excluding hydrogens is 284 g/mol. The number of hydrogen-bond acceptors (Lipinski definition) is 4. The van der Waals surface area contributed by atoms with Gasteiger partial charge in [0.05, 0.1) is 0 Å². The Labute approximate surface area is 131 Å². The third-order valence-electron chi connectivity index (χ3n) is 4.25. The lowest BCUT2D eigenvalue weighted by Crippen LogP contribution is -2.43. The summed E-state index contributed by atoms with van der Waals surface area (Å²) in [5.74, 6) is 1.63. The van der Waals surface area contributed by atoms with E-state index in [1.807, 2.05) is 6.07 Å². The molecule has 1 aromatic carbocycles. The molecular formula is C16H23ClN4. The summed E-state index contributed by atoms with van der Waals surface area (Å²) in [5.41, 5.74) is 2.57. The van der Waals surface area contributed by atoms with E-state index in [1.54, 1.807) is 0 Å². The van der Waals surface area contributed by atoms with E-state index in [4.69, 9.17) is 11.6 Å². The van der Waals surface area contributed by atoms with E-state index < -0.39 is 0 Å². The summed E-state index contributed by atoms with van der Waals surface area (Å²) in [5, 5.41) is 7.58. The van der Waals surface area contributed by atoms with Crippen LogP contribution in [0.15, 0.2) is 23.2 Å². The van der Waals surface area contributed by atoms with Crippen molar-refractivity contribution < 1.29 is 0 Å². The average Bonchev–Trinajstić information content (AvgIpc) is 2.97. The van der Waals surface area contributed by atoms with Crippen molar-refractivity contribution in [2.75, 3.05) is 37.6 Å². The summed E-state index contributed by atoms with van der Waals surface area (Å²) in [4.78, 5) is 6.90. The van der Waals surface area contributed by atoms with Crippen LogP contribution in [-0.2, 0) is 0 Å². The lowest BCUT2D eigenvalue weighted by molar-refractivity contribution is 0.560. The van der Waals surface area contributed by atoms with Crippen LogP contribution in [0, 0.1) is 12.8 Å². The van der Waals surface area contributed by atoms with Crippen molar-refractivity contribution in [2.45, 2.75) is 19.8 Å². The van der Waals surface area contributed by atoms with Gasteiger partial charge < -0.3 is 15.5 Å². The Balaban J connectivity index is 1.55. The second-order valence-electron chi connectivity index (χ2n) is 5.92. The number of hydrogen-bond donors (Lipinski definition) is 2. The minimum absolute atomic E-state index is 0.662. The van der Waals surface area contributed by atoms with E-state index in [9.17, 15) is 0 Å². The van der Waals surface area contributed by atoms with E-state index in [0.717, 1.165) is 50.1 Å². The molecule has 114 valence electrons. The highest BCUT2D eigenvalue weighted by molar-refractivity contribution is 6.30. The predicted molar refractivity (Wildman–Crippen MR) is 89.4 cm³/mol. The molecule has 2 heterocycles. The Kier molecular flexibility index (Phi) is 4.54. The summed E-state index contributed by atoms with van der Waals surface area (Å²) in [6.45, 7) is 7.30. The molecule has 0 amide bonds. The second kappa shape index (κ2) is 6.56. The van der Waals surface area contributed by atoms with E-state index >= 15 is 0 Å². The minimum Gasteiger partial charge on any atom is -0.371 e. The largest absolute Gasteiger partial charge is 0.371 e. The normalized spacial score (nSPS) is 21.9. The van der Waals surface area contributed by atoms with Crippen molar-refractivity contribution >= 4 is 23.2 Å². The fraction of sp³-hybridized carbons (Fsp3) is 0.562. The topological polar surface area (TPSA) is 39.7 Å². The molecule has 0 bridgehead atoms. The summed E-state index contributed by atoms with van der Waals surface area (Å²) in [6.07, 6.45) is 2.35. The summed E-state index contributed by atoms with van der Waals surface area (Å²) >= 11 is 6.13. The Morgan fingerprint density at radius 2 is 2.38 bits per heavy atom. The summed E-state index contributed by atoms with van der Waals surface area (Å²) < 4.78 is 0. The monoisotopic (exact) mass is 306 g/mol. The van der Waals surface area contributed by atoms with Gasteiger partial charge in [-0.1, -0.05) is 17.7 Å². The van der Waals surface area contributed by atoms with Crippen LogP contribution in [0.4, 0.5) is 5.69 Å². The van der Waals surface area contributed by atoms with Gasteiger partial charge in [-0.25, -0.2) is 0 Å².